The van der Waals surface area contributed by atoms with Crippen LogP contribution in [0.5, 0.6) is 0 Å². The lowest BCUT2D eigenvalue weighted by Crippen LogP contribution is -2.39. The van der Waals surface area contributed by atoms with Crippen LogP contribution in [0.1, 0.15) is 77.8 Å². The molecule has 0 spiro atoms. The largest absolute Gasteiger partial charge is 0.339 e. The summed E-state index contributed by atoms with van der Waals surface area (Å²) in [7, 11) is 1.78. The number of H-pyrrole nitrogens is 1. The van der Waals surface area contributed by atoms with E-state index >= 15 is 0 Å². The summed E-state index contributed by atoms with van der Waals surface area (Å²) >= 11 is 0. The number of hydrogen-bond donors (Lipinski definition) is 1. The van der Waals surface area contributed by atoms with Crippen molar-refractivity contribution in [2.75, 3.05) is 7.05 Å². The molecule has 1 aromatic rings. The Labute approximate surface area is 136 Å². The van der Waals surface area contributed by atoms with Crippen molar-refractivity contribution < 1.29 is 9.59 Å². The average molecular weight is 316 g/mol. The molecule has 0 unspecified atom stereocenters. The molecule has 0 atom stereocenters. The summed E-state index contributed by atoms with van der Waals surface area (Å²) < 4.78 is 0. The summed E-state index contributed by atoms with van der Waals surface area (Å²) in [4.78, 5) is 41.5. The summed E-state index contributed by atoms with van der Waals surface area (Å²) in [5.41, 5.74) is 0.933. The lowest BCUT2D eigenvalue weighted by atomic mass is 9.93. The van der Waals surface area contributed by atoms with Gasteiger partial charge in [-0.25, -0.2) is 0 Å². The molecule has 0 aliphatic heterocycles. The van der Waals surface area contributed by atoms with Gasteiger partial charge in [0.05, 0.1) is 0 Å². The van der Waals surface area contributed by atoms with E-state index in [4.69, 9.17) is 0 Å². The van der Waals surface area contributed by atoms with Gasteiger partial charge in [0.2, 0.25) is 0 Å². The van der Waals surface area contributed by atoms with Gasteiger partial charge in [-0.15, -0.1) is 0 Å². The van der Waals surface area contributed by atoms with Gasteiger partial charge in [0.1, 0.15) is 5.56 Å². The van der Waals surface area contributed by atoms with E-state index in [1.165, 1.54) is 18.9 Å². The van der Waals surface area contributed by atoms with Gasteiger partial charge < -0.3 is 9.88 Å². The molecule has 124 valence electrons. The van der Waals surface area contributed by atoms with Crippen molar-refractivity contribution in [2.45, 2.75) is 63.8 Å². The van der Waals surface area contributed by atoms with E-state index in [9.17, 15) is 14.4 Å². The molecular weight excluding hydrogens is 292 g/mol. The van der Waals surface area contributed by atoms with E-state index in [0.29, 0.717) is 24.1 Å². The minimum atomic E-state index is -0.371. The fraction of sp³-hybridized carbons (Fsp3) is 0.611. The Morgan fingerprint density at radius 2 is 1.78 bits per heavy atom. The monoisotopic (exact) mass is 316 g/mol. The van der Waals surface area contributed by atoms with E-state index < -0.39 is 0 Å². The predicted molar refractivity (Wildman–Crippen MR) is 87.9 cm³/mol. The zero-order valence-corrected chi connectivity index (χ0v) is 13.7. The Morgan fingerprint density at radius 3 is 2.48 bits per heavy atom. The number of Topliss-reactive ketones (excluding diaryl/α,β-unsaturated/α-hetero) is 1. The molecule has 5 nitrogen and oxygen atoms in total. The third-order valence-corrected chi connectivity index (χ3v) is 5.18. The van der Waals surface area contributed by atoms with Crippen molar-refractivity contribution in [3.05, 3.63) is 33.2 Å². The molecule has 0 aromatic carbocycles. The van der Waals surface area contributed by atoms with E-state index in [1.54, 1.807) is 11.9 Å². The highest BCUT2D eigenvalue weighted by Gasteiger charge is 2.27. The topological polar surface area (TPSA) is 70.2 Å². The first kappa shape index (κ1) is 16.0. The number of carbonyl (C=O) groups is 2. The highest BCUT2D eigenvalue weighted by Crippen LogP contribution is 2.23. The average Bonchev–Trinajstić information content (AvgIpc) is 2.82. The first-order valence-electron chi connectivity index (χ1n) is 8.64. The summed E-state index contributed by atoms with van der Waals surface area (Å²) in [6, 6.07) is 1.71. The van der Waals surface area contributed by atoms with Crippen LogP contribution < -0.4 is 5.56 Å². The van der Waals surface area contributed by atoms with Crippen molar-refractivity contribution in [3.63, 3.8) is 0 Å². The first-order chi connectivity index (χ1) is 11.1. The maximum absolute atomic E-state index is 12.8. The van der Waals surface area contributed by atoms with Gasteiger partial charge >= 0.3 is 0 Å². The number of aryl methyl sites for hydroxylation is 1. The Hall–Kier alpha value is -1.91. The molecule has 1 fully saturated rings. The van der Waals surface area contributed by atoms with E-state index in [-0.39, 0.29) is 28.9 Å². The molecule has 1 heterocycles. The molecule has 23 heavy (non-hydrogen) atoms. The van der Waals surface area contributed by atoms with Gasteiger partial charge in [0, 0.05) is 30.8 Å². The molecule has 1 amide bonds. The number of fused-ring (bicyclic) bond motifs is 1. The smallest absolute Gasteiger partial charge is 0.261 e. The van der Waals surface area contributed by atoms with Crippen molar-refractivity contribution in [2.24, 2.45) is 0 Å². The van der Waals surface area contributed by atoms with Gasteiger partial charge in [0.25, 0.3) is 11.5 Å². The fourth-order valence-corrected chi connectivity index (χ4v) is 3.73. The molecule has 0 bridgehead atoms. The van der Waals surface area contributed by atoms with Crippen LogP contribution in [0.3, 0.4) is 0 Å². The molecule has 2 aliphatic rings. The van der Waals surface area contributed by atoms with E-state index in [0.717, 1.165) is 32.1 Å². The van der Waals surface area contributed by atoms with Crippen LogP contribution in [0.4, 0.5) is 0 Å². The Bertz CT molecular complexity index is 669. The number of nitrogens with one attached hydrogen (secondary N) is 1. The van der Waals surface area contributed by atoms with Crippen LogP contribution in [-0.2, 0) is 6.42 Å². The zero-order chi connectivity index (χ0) is 16.4. The molecule has 0 radical (unpaired) electrons. The van der Waals surface area contributed by atoms with E-state index in [1.807, 2.05) is 0 Å². The van der Waals surface area contributed by atoms with Crippen LogP contribution in [0.2, 0.25) is 0 Å². The van der Waals surface area contributed by atoms with Crippen molar-refractivity contribution in [3.8, 4) is 0 Å². The van der Waals surface area contributed by atoms with Gasteiger partial charge in [-0.3, -0.25) is 14.4 Å². The summed E-state index contributed by atoms with van der Waals surface area (Å²) in [6.07, 6.45) is 8.61. The third-order valence-electron chi connectivity index (χ3n) is 5.18. The highest BCUT2D eigenvalue weighted by atomic mass is 16.2. The number of pyridine rings is 1. The molecule has 5 heteroatoms. The minimum Gasteiger partial charge on any atom is -0.339 e. The van der Waals surface area contributed by atoms with Gasteiger partial charge in [-0.05, 0) is 31.7 Å². The second kappa shape index (κ2) is 6.69. The Kier molecular flexibility index (Phi) is 4.64. The zero-order valence-electron chi connectivity index (χ0n) is 13.7. The maximum Gasteiger partial charge on any atom is 0.261 e. The van der Waals surface area contributed by atoms with Gasteiger partial charge in [0.15, 0.2) is 5.78 Å². The number of ketones is 1. The lowest BCUT2D eigenvalue weighted by molar-refractivity contribution is 0.0716. The van der Waals surface area contributed by atoms with Crippen molar-refractivity contribution in [1.29, 1.82) is 0 Å². The highest BCUT2D eigenvalue weighted by molar-refractivity contribution is 6.01. The first-order valence-corrected chi connectivity index (χ1v) is 8.64. The predicted octanol–water partition coefficient (Wildman–Crippen LogP) is 2.69. The second-order valence-electron chi connectivity index (χ2n) is 6.74. The van der Waals surface area contributed by atoms with Crippen molar-refractivity contribution >= 4 is 11.7 Å². The number of aromatic nitrogens is 1. The quantitative estimate of drug-likeness (QED) is 0.853. The van der Waals surface area contributed by atoms with Crippen LogP contribution >= 0.6 is 0 Å². The van der Waals surface area contributed by atoms with Crippen LogP contribution in [0, 0.1) is 0 Å². The van der Waals surface area contributed by atoms with Crippen LogP contribution in [0.25, 0.3) is 0 Å². The molecule has 1 N–H and O–H groups in total. The molecule has 3 rings (SSSR count). The van der Waals surface area contributed by atoms with Crippen LogP contribution in [-0.4, -0.2) is 34.7 Å². The second-order valence-corrected chi connectivity index (χ2v) is 6.74. The molecular formula is C18H24N2O3. The number of nitrogens with zero attached hydrogens (tertiary/aromatic N) is 1. The fourth-order valence-electron chi connectivity index (χ4n) is 3.73. The van der Waals surface area contributed by atoms with Gasteiger partial charge in [-0.1, -0.05) is 25.7 Å². The molecule has 1 saturated carbocycles. The van der Waals surface area contributed by atoms with Crippen molar-refractivity contribution in [1.82, 2.24) is 9.88 Å². The number of rotatable bonds is 2. The molecule has 0 saturated heterocycles. The normalized spacial score (nSPS) is 19.1. The minimum absolute atomic E-state index is 0.0219. The third kappa shape index (κ3) is 3.23. The SMILES string of the molecule is CN(C(=O)c1cc2c([nH]c1=O)CCCC2=O)C1CCCCCC1. The summed E-state index contributed by atoms with van der Waals surface area (Å²) in [5.74, 6) is -0.243. The maximum atomic E-state index is 12.8. The Morgan fingerprint density at radius 1 is 1.09 bits per heavy atom. The lowest BCUT2D eigenvalue weighted by Gasteiger charge is -2.27. The summed E-state index contributed by atoms with van der Waals surface area (Å²) in [6.45, 7) is 0. The Balaban J connectivity index is 1.88. The standard InChI is InChI=1S/C18H24N2O3/c1-20(12-7-4-2-3-5-8-12)18(23)14-11-13-15(19-17(14)22)9-6-10-16(13)21/h11-12H,2-10H2,1H3,(H,19,22). The number of amides is 1. The van der Waals surface area contributed by atoms with Gasteiger partial charge in [-0.2, -0.15) is 0 Å². The van der Waals surface area contributed by atoms with E-state index in [2.05, 4.69) is 4.98 Å². The number of aromatic amines is 1. The molecule has 2 aliphatic carbocycles. The number of carbonyl (C=O) groups excluding carboxylic acids is 2. The number of hydrogen-bond acceptors (Lipinski definition) is 3. The summed E-state index contributed by atoms with van der Waals surface area (Å²) in [5, 5.41) is 0. The van der Waals surface area contributed by atoms with Crippen LogP contribution in [0.15, 0.2) is 10.9 Å². The molecule has 1 aromatic heterocycles.